The van der Waals surface area contributed by atoms with E-state index in [4.69, 9.17) is 0 Å². The van der Waals surface area contributed by atoms with Crippen LogP contribution in [0.3, 0.4) is 0 Å². The van der Waals surface area contributed by atoms with Gasteiger partial charge in [-0.3, -0.25) is 9.59 Å². The number of rotatable bonds is 9. The third-order valence-electron chi connectivity index (χ3n) is 4.40. The zero-order valence-electron chi connectivity index (χ0n) is 17.0. The number of hydrogen-bond donors (Lipinski definition) is 0. The first-order valence-corrected chi connectivity index (χ1v) is 10.5. The zero-order valence-corrected chi connectivity index (χ0v) is 17.8. The summed E-state index contributed by atoms with van der Waals surface area (Å²) in [5.41, 5.74) is 0.857. The highest BCUT2D eigenvalue weighted by atomic mass is 32.1. The Labute approximate surface area is 171 Å². The Balaban J connectivity index is 2.16. The predicted octanol–water partition coefficient (Wildman–Crippen LogP) is 4.70. The molecule has 0 aliphatic rings. The van der Waals surface area contributed by atoms with Crippen LogP contribution in [-0.2, 0) is 22.7 Å². The lowest BCUT2D eigenvalue weighted by Crippen LogP contribution is -2.45. The van der Waals surface area contributed by atoms with Crippen molar-refractivity contribution in [2.24, 2.45) is 5.92 Å². The average molecular weight is 405 g/mol. The molecule has 1 aromatic carbocycles. The van der Waals surface area contributed by atoms with E-state index in [1.165, 1.54) is 12.1 Å². The summed E-state index contributed by atoms with van der Waals surface area (Å²) in [6.07, 6.45) is 0.425. The summed E-state index contributed by atoms with van der Waals surface area (Å²) in [5.74, 6) is -0.171. The van der Waals surface area contributed by atoms with Crippen molar-refractivity contribution in [2.45, 2.75) is 53.2 Å². The van der Waals surface area contributed by atoms with E-state index in [1.807, 2.05) is 45.2 Å². The summed E-state index contributed by atoms with van der Waals surface area (Å²) in [4.78, 5) is 30.1. The Morgan fingerprint density at radius 1 is 1.00 bits per heavy atom. The van der Waals surface area contributed by atoms with Crippen molar-refractivity contribution in [1.82, 2.24) is 9.80 Å². The Morgan fingerprint density at radius 3 is 2.21 bits per heavy atom. The maximum atomic E-state index is 13.2. The molecule has 0 saturated heterocycles. The molecule has 0 fully saturated rings. The number of thiophene rings is 1. The van der Waals surface area contributed by atoms with Crippen LogP contribution in [0.4, 0.5) is 4.39 Å². The summed E-state index contributed by atoms with van der Waals surface area (Å²) < 4.78 is 13.2. The number of carbonyl (C=O) groups excluding carboxylic acids is 2. The van der Waals surface area contributed by atoms with Crippen LogP contribution in [0.1, 0.15) is 44.6 Å². The first-order chi connectivity index (χ1) is 13.3. The van der Waals surface area contributed by atoms with E-state index in [1.54, 1.807) is 33.3 Å². The fourth-order valence-corrected chi connectivity index (χ4v) is 3.62. The van der Waals surface area contributed by atoms with Crippen LogP contribution >= 0.6 is 11.3 Å². The molecule has 0 bridgehead atoms. The summed E-state index contributed by atoms with van der Waals surface area (Å²) in [6, 6.07) is 10.1. The molecule has 0 atom stereocenters. The summed E-state index contributed by atoms with van der Waals surface area (Å²) >= 11 is 1.59. The Morgan fingerprint density at radius 2 is 1.68 bits per heavy atom. The van der Waals surface area contributed by atoms with Gasteiger partial charge in [-0.2, -0.15) is 0 Å². The zero-order chi connectivity index (χ0) is 20.7. The van der Waals surface area contributed by atoms with Crippen molar-refractivity contribution in [3.63, 3.8) is 0 Å². The molecule has 0 N–H and O–H groups in total. The maximum absolute atomic E-state index is 13.2. The van der Waals surface area contributed by atoms with Crippen molar-refractivity contribution < 1.29 is 14.0 Å². The van der Waals surface area contributed by atoms with E-state index in [-0.39, 0.29) is 36.1 Å². The lowest BCUT2D eigenvalue weighted by Gasteiger charge is -2.30. The highest BCUT2D eigenvalue weighted by Gasteiger charge is 2.24. The van der Waals surface area contributed by atoms with Gasteiger partial charge in [0.1, 0.15) is 5.82 Å². The largest absolute Gasteiger partial charge is 0.332 e. The number of benzene rings is 1. The molecule has 152 valence electrons. The molecule has 0 radical (unpaired) electrons. The molecule has 1 aromatic heterocycles. The minimum absolute atomic E-state index is 0.00351. The maximum Gasteiger partial charge on any atom is 0.242 e. The van der Waals surface area contributed by atoms with Gasteiger partial charge in [-0.05, 0) is 48.9 Å². The van der Waals surface area contributed by atoms with Crippen LogP contribution < -0.4 is 0 Å². The summed E-state index contributed by atoms with van der Waals surface area (Å²) in [7, 11) is 0. The molecule has 0 unspecified atom stereocenters. The van der Waals surface area contributed by atoms with Crippen molar-refractivity contribution in [3.8, 4) is 0 Å². The number of halogens is 1. The van der Waals surface area contributed by atoms with Gasteiger partial charge in [-0.15, -0.1) is 11.3 Å². The first kappa shape index (κ1) is 22.1. The van der Waals surface area contributed by atoms with E-state index in [0.29, 0.717) is 19.5 Å². The fraction of sp³-hybridized carbons (Fsp3) is 0.455. The predicted molar refractivity (Wildman–Crippen MR) is 111 cm³/mol. The molecule has 0 saturated carbocycles. The molecule has 4 nitrogen and oxygen atoms in total. The van der Waals surface area contributed by atoms with Gasteiger partial charge in [0.2, 0.25) is 11.8 Å². The molecule has 28 heavy (non-hydrogen) atoms. The first-order valence-electron chi connectivity index (χ1n) is 9.60. The third-order valence-corrected chi connectivity index (χ3v) is 5.26. The van der Waals surface area contributed by atoms with Gasteiger partial charge >= 0.3 is 0 Å². The molecule has 2 amide bonds. The van der Waals surface area contributed by atoms with E-state index in [9.17, 15) is 14.0 Å². The van der Waals surface area contributed by atoms with Crippen LogP contribution in [0.5, 0.6) is 0 Å². The van der Waals surface area contributed by atoms with Crippen LogP contribution in [0.2, 0.25) is 0 Å². The monoisotopic (exact) mass is 404 g/mol. The van der Waals surface area contributed by atoms with Gasteiger partial charge in [0.15, 0.2) is 0 Å². The number of amides is 2. The standard InChI is InChI=1S/C22H29FN2O2S/c1-16(2)12-21(26)25(17(3)4)15-22(27)24(14-20-6-5-11-28-20)13-18-7-9-19(23)10-8-18/h5-11,16-17H,12-15H2,1-4H3. The molecule has 1 heterocycles. The fourth-order valence-electron chi connectivity index (χ4n) is 2.90. The number of hydrogen-bond acceptors (Lipinski definition) is 3. The highest BCUT2D eigenvalue weighted by molar-refractivity contribution is 7.09. The second kappa shape index (κ2) is 10.4. The van der Waals surface area contributed by atoms with Crippen LogP contribution in [0.25, 0.3) is 0 Å². The van der Waals surface area contributed by atoms with Gasteiger partial charge in [0.05, 0.1) is 13.1 Å². The summed E-state index contributed by atoms with van der Waals surface area (Å²) in [5, 5.41) is 1.97. The highest BCUT2D eigenvalue weighted by Crippen LogP contribution is 2.16. The van der Waals surface area contributed by atoms with Crippen molar-refractivity contribution in [1.29, 1.82) is 0 Å². The SMILES string of the molecule is CC(C)CC(=O)N(CC(=O)N(Cc1ccc(F)cc1)Cc1cccs1)C(C)C. The third kappa shape index (κ3) is 6.75. The minimum atomic E-state index is -0.301. The van der Waals surface area contributed by atoms with Crippen LogP contribution in [-0.4, -0.2) is 34.2 Å². The van der Waals surface area contributed by atoms with Crippen LogP contribution in [0, 0.1) is 11.7 Å². The Bertz CT molecular complexity index is 757. The molecule has 0 spiro atoms. The molecular formula is C22H29FN2O2S. The van der Waals surface area contributed by atoms with E-state index < -0.39 is 0 Å². The van der Waals surface area contributed by atoms with E-state index in [0.717, 1.165) is 10.4 Å². The van der Waals surface area contributed by atoms with Gasteiger partial charge in [-0.1, -0.05) is 32.0 Å². The van der Waals surface area contributed by atoms with Crippen LogP contribution in [0.15, 0.2) is 41.8 Å². The number of carbonyl (C=O) groups is 2. The van der Waals surface area contributed by atoms with Crippen molar-refractivity contribution in [2.75, 3.05) is 6.54 Å². The normalized spacial score (nSPS) is 11.1. The topological polar surface area (TPSA) is 40.6 Å². The molecular weight excluding hydrogens is 375 g/mol. The minimum Gasteiger partial charge on any atom is -0.332 e. The molecule has 2 rings (SSSR count). The summed E-state index contributed by atoms with van der Waals surface area (Å²) in [6.45, 7) is 8.74. The number of nitrogens with zero attached hydrogens (tertiary/aromatic N) is 2. The van der Waals surface area contributed by atoms with Gasteiger partial charge in [0, 0.05) is 23.9 Å². The second-order valence-corrected chi connectivity index (χ2v) is 8.70. The van der Waals surface area contributed by atoms with Gasteiger partial charge in [-0.25, -0.2) is 4.39 Å². The molecule has 6 heteroatoms. The molecule has 0 aliphatic carbocycles. The molecule has 2 aromatic rings. The van der Waals surface area contributed by atoms with Crippen molar-refractivity contribution in [3.05, 3.63) is 58.0 Å². The Hall–Kier alpha value is -2.21. The van der Waals surface area contributed by atoms with E-state index in [2.05, 4.69) is 0 Å². The van der Waals surface area contributed by atoms with Gasteiger partial charge in [0.25, 0.3) is 0 Å². The Kier molecular flexibility index (Phi) is 8.18. The lowest BCUT2D eigenvalue weighted by molar-refractivity contribution is -0.143. The van der Waals surface area contributed by atoms with Gasteiger partial charge < -0.3 is 9.80 Å². The average Bonchev–Trinajstić information content (AvgIpc) is 3.12. The molecule has 0 aliphatic heterocycles. The van der Waals surface area contributed by atoms with E-state index >= 15 is 0 Å². The van der Waals surface area contributed by atoms with Crippen molar-refractivity contribution >= 4 is 23.2 Å². The smallest absolute Gasteiger partial charge is 0.242 e. The second-order valence-electron chi connectivity index (χ2n) is 7.67. The lowest BCUT2D eigenvalue weighted by atomic mass is 10.1. The quantitative estimate of drug-likeness (QED) is 0.608.